The zero-order valence-corrected chi connectivity index (χ0v) is 22.0. The van der Waals surface area contributed by atoms with Gasteiger partial charge in [-0.15, -0.1) is 0 Å². The van der Waals surface area contributed by atoms with E-state index in [9.17, 15) is 23.1 Å². The minimum atomic E-state index is -3.34. The Morgan fingerprint density at radius 3 is 2.05 bits per heavy atom. The largest absolute Gasteiger partial charge is 0.480 e. The van der Waals surface area contributed by atoms with Crippen molar-refractivity contribution < 1.29 is 27.9 Å². The maximum absolute atomic E-state index is 12.6. The minimum Gasteiger partial charge on any atom is -0.480 e. The number of ether oxygens (including phenoxy) is 1. The maximum Gasteiger partial charge on any atom is 0.407 e. The molecule has 0 bridgehead atoms. The summed E-state index contributed by atoms with van der Waals surface area (Å²) in [6.07, 6.45) is 0.423. The van der Waals surface area contributed by atoms with Gasteiger partial charge in [0.05, 0.1) is 4.90 Å². The highest BCUT2D eigenvalue weighted by Crippen LogP contribution is 2.44. The Hall–Kier alpha value is -4.43. The van der Waals surface area contributed by atoms with E-state index in [1.807, 2.05) is 54.6 Å². The van der Waals surface area contributed by atoms with Gasteiger partial charge in [-0.1, -0.05) is 84.9 Å². The van der Waals surface area contributed by atoms with Crippen LogP contribution in [0, 0.1) is 0 Å². The first-order chi connectivity index (χ1) is 18.7. The van der Waals surface area contributed by atoms with Crippen LogP contribution in [0.1, 0.15) is 22.6 Å². The zero-order valence-electron chi connectivity index (χ0n) is 21.2. The lowest BCUT2D eigenvalue weighted by molar-refractivity contribution is -0.139. The lowest BCUT2D eigenvalue weighted by atomic mass is 9.98. The Bertz CT molecular complexity index is 1600. The molecule has 5 rings (SSSR count). The number of nitrogens with one attached hydrogen (secondary N) is 1. The summed E-state index contributed by atoms with van der Waals surface area (Å²) in [5, 5.41) is 12.2. The van der Waals surface area contributed by atoms with Crippen LogP contribution in [0.5, 0.6) is 0 Å². The van der Waals surface area contributed by atoms with E-state index >= 15 is 0 Å². The van der Waals surface area contributed by atoms with E-state index in [2.05, 4.69) is 5.32 Å². The third-order valence-electron chi connectivity index (χ3n) is 6.92. The number of hydrogen-bond donors (Lipinski definition) is 2. The van der Waals surface area contributed by atoms with Gasteiger partial charge < -0.3 is 15.2 Å². The molecule has 4 aromatic carbocycles. The normalized spacial score (nSPS) is 13.3. The molecule has 0 fully saturated rings. The van der Waals surface area contributed by atoms with Gasteiger partial charge in [-0.25, -0.2) is 18.0 Å². The lowest BCUT2D eigenvalue weighted by Gasteiger charge is -2.17. The van der Waals surface area contributed by atoms with Crippen LogP contribution in [0.2, 0.25) is 0 Å². The number of rotatable bonds is 8. The standard InChI is InChI=1S/C31H27NO6S/c1-39(36,37)23-8-6-7-22(18-23)21-15-13-20(14-16-21)17-29(30(33)34)32-31(35)38-19-28-26-11-4-2-9-24(26)25-10-3-5-12-27(25)28/h2-16,18,28-29H,17,19H2,1H3,(H,32,35)(H,33,34). The second-order valence-electron chi connectivity index (χ2n) is 9.56. The van der Waals surface area contributed by atoms with Gasteiger partial charge >= 0.3 is 12.1 Å². The van der Waals surface area contributed by atoms with E-state index in [1.165, 1.54) is 0 Å². The molecule has 8 heteroatoms. The number of alkyl carbamates (subject to hydrolysis) is 1. The van der Waals surface area contributed by atoms with E-state index in [0.29, 0.717) is 5.56 Å². The predicted octanol–water partition coefficient (Wildman–Crippen LogP) is 5.29. The molecular formula is C31H27NO6S. The first-order valence-electron chi connectivity index (χ1n) is 12.4. The van der Waals surface area contributed by atoms with Crippen molar-refractivity contribution in [2.45, 2.75) is 23.3 Å². The number of carboxylic acid groups (broad SMARTS) is 1. The number of carboxylic acids is 1. The van der Waals surface area contributed by atoms with Gasteiger partial charge in [0, 0.05) is 18.6 Å². The van der Waals surface area contributed by atoms with Crippen molar-refractivity contribution in [2.75, 3.05) is 12.9 Å². The third kappa shape index (κ3) is 5.71. The summed E-state index contributed by atoms with van der Waals surface area (Å²) in [5.74, 6) is -1.30. The van der Waals surface area contributed by atoms with Gasteiger partial charge in [-0.2, -0.15) is 0 Å². The topological polar surface area (TPSA) is 110 Å². The highest BCUT2D eigenvalue weighted by Gasteiger charge is 2.29. The minimum absolute atomic E-state index is 0.0587. The number of carbonyl (C=O) groups excluding carboxylic acids is 1. The Kier molecular flexibility index (Phi) is 7.21. The molecule has 0 radical (unpaired) electrons. The number of hydrogen-bond acceptors (Lipinski definition) is 5. The molecule has 7 nitrogen and oxygen atoms in total. The van der Waals surface area contributed by atoms with Gasteiger partial charge in [-0.3, -0.25) is 0 Å². The van der Waals surface area contributed by atoms with Gasteiger partial charge in [0.2, 0.25) is 0 Å². The fourth-order valence-electron chi connectivity index (χ4n) is 4.96. The first-order valence-corrected chi connectivity index (χ1v) is 14.3. The summed E-state index contributed by atoms with van der Waals surface area (Å²) in [7, 11) is -3.34. The number of fused-ring (bicyclic) bond motifs is 3. The Balaban J connectivity index is 1.23. The second kappa shape index (κ2) is 10.7. The second-order valence-corrected chi connectivity index (χ2v) is 11.6. The van der Waals surface area contributed by atoms with Crippen LogP contribution in [-0.2, 0) is 25.8 Å². The van der Waals surface area contributed by atoms with Crippen molar-refractivity contribution in [3.63, 3.8) is 0 Å². The molecule has 0 spiro atoms. The molecule has 0 heterocycles. The molecular weight excluding hydrogens is 514 g/mol. The molecule has 4 aromatic rings. The number of sulfone groups is 1. The number of benzene rings is 4. The number of amides is 1. The molecule has 1 amide bonds. The van der Waals surface area contributed by atoms with Crippen molar-refractivity contribution >= 4 is 21.9 Å². The van der Waals surface area contributed by atoms with Crippen molar-refractivity contribution in [3.05, 3.63) is 114 Å². The van der Waals surface area contributed by atoms with Crippen LogP contribution < -0.4 is 5.32 Å². The van der Waals surface area contributed by atoms with Crippen LogP contribution in [0.3, 0.4) is 0 Å². The quantitative estimate of drug-likeness (QED) is 0.314. The molecule has 0 aliphatic heterocycles. The highest BCUT2D eigenvalue weighted by molar-refractivity contribution is 7.90. The molecule has 1 unspecified atom stereocenters. The number of aliphatic carboxylic acids is 1. The Morgan fingerprint density at radius 2 is 1.46 bits per heavy atom. The van der Waals surface area contributed by atoms with Crippen molar-refractivity contribution in [2.24, 2.45) is 0 Å². The van der Waals surface area contributed by atoms with Crippen LogP contribution in [0.25, 0.3) is 22.3 Å². The molecule has 2 N–H and O–H groups in total. The molecule has 1 aliphatic carbocycles. The first kappa shape index (κ1) is 26.2. The average Bonchev–Trinajstić information content (AvgIpc) is 3.25. The summed E-state index contributed by atoms with van der Waals surface area (Å²) >= 11 is 0. The molecule has 0 aromatic heterocycles. The van der Waals surface area contributed by atoms with Crippen molar-refractivity contribution in [3.8, 4) is 22.3 Å². The van der Waals surface area contributed by atoms with Crippen LogP contribution in [0.15, 0.2) is 102 Å². The smallest absolute Gasteiger partial charge is 0.407 e. The third-order valence-corrected chi connectivity index (χ3v) is 8.03. The Labute approximate surface area is 227 Å². The van der Waals surface area contributed by atoms with E-state index in [1.54, 1.807) is 42.5 Å². The average molecular weight is 542 g/mol. The van der Waals surface area contributed by atoms with Crippen LogP contribution in [-0.4, -0.2) is 44.5 Å². The molecule has 0 saturated carbocycles. The van der Waals surface area contributed by atoms with E-state index in [4.69, 9.17) is 4.74 Å². The molecule has 1 aliphatic rings. The summed E-state index contributed by atoms with van der Waals surface area (Å²) in [5.41, 5.74) is 6.59. The van der Waals surface area contributed by atoms with Crippen molar-refractivity contribution in [1.29, 1.82) is 0 Å². The Morgan fingerprint density at radius 1 is 0.846 bits per heavy atom. The summed E-state index contributed by atoms with van der Waals surface area (Å²) < 4.78 is 29.3. The molecule has 198 valence electrons. The molecule has 39 heavy (non-hydrogen) atoms. The highest BCUT2D eigenvalue weighted by atomic mass is 32.2. The van der Waals surface area contributed by atoms with E-state index in [0.717, 1.165) is 39.6 Å². The van der Waals surface area contributed by atoms with E-state index < -0.39 is 27.9 Å². The van der Waals surface area contributed by atoms with Gasteiger partial charge in [0.15, 0.2) is 9.84 Å². The lowest BCUT2D eigenvalue weighted by Crippen LogP contribution is -2.42. The van der Waals surface area contributed by atoms with E-state index in [-0.39, 0.29) is 23.8 Å². The number of carbonyl (C=O) groups is 2. The molecule has 1 atom stereocenters. The fraction of sp³-hybridized carbons (Fsp3) is 0.161. The van der Waals surface area contributed by atoms with Gasteiger partial charge in [0.1, 0.15) is 12.6 Å². The summed E-state index contributed by atoms with van der Waals surface area (Å²) in [6.45, 7) is 0.0907. The fourth-order valence-corrected chi connectivity index (χ4v) is 5.62. The maximum atomic E-state index is 12.6. The summed E-state index contributed by atoms with van der Waals surface area (Å²) in [6, 6.07) is 28.5. The van der Waals surface area contributed by atoms with Gasteiger partial charge in [-0.05, 0) is 51.1 Å². The van der Waals surface area contributed by atoms with Crippen LogP contribution in [0.4, 0.5) is 4.79 Å². The summed E-state index contributed by atoms with van der Waals surface area (Å²) in [4.78, 5) is 24.8. The van der Waals surface area contributed by atoms with Gasteiger partial charge in [0.25, 0.3) is 0 Å². The zero-order chi connectivity index (χ0) is 27.6. The monoisotopic (exact) mass is 541 g/mol. The van der Waals surface area contributed by atoms with Crippen LogP contribution >= 0.6 is 0 Å². The SMILES string of the molecule is CS(=O)(=O)c1cccc(-c2ccc(CC(NC(=O)OCC3c4ccccc4-c4ccccc43)C(=O)O)cc2)c1. The van der Waals surface area contributed by atoms with Crippen molar-refractivity contribution in [1.82, 2.24) is 5.32 Å². The predicted molar refractivity (Wildman–Crippen MR) is 148 cm³/mol. The molecule has 0 saturated heterocycles.